The molecule has 1 N–H and O–H groups in total. The first-order valence-corrected chi connectivity index (χ1v) is 8.02. The molecular weight excluding hydrogens is 369 g/mol. The highest BCUT2D eigenvalue weighted by atomic mass is 127. The minimum Gasteiger partial charge on any atom is -0.494 e. The van der Waals surface area contributed by atoms with Gasteiger partial charge in [0.05, 0.1) is 6.61 Å². The monoisotopic (exact) mass is 389 g/mol. The quantitative estimate of drug-likeness (QED) is 0.549. The molecule has 0 heterocycles. The Balaban J connectivity index is 1.75. The molecule has 2 rings (SSSR count). The molecule has 1 atom stereocenters. The molecule has 4 nitrogen and oxygen atoms in total. The molecule has 0 aromatic heterocycles. The SMILES string of the molecule is CC(C(=O)O)N(CCCOc1cccc(I)c1)C1CC1. The number of aliphatic carboxylic acids is 1. The van der Waals surface area contributed by atoms with E-state index in [9.17, 15) is 4.79 Å². The number of carboxylic acids is 1. The second-order valence-corrected chi connectivity index (χ2v) is 6.39. The van der Waals surface area contributed by atoms with E-state index in [2.05, 4.69) is 27.5 Å². The third kappa shape index (κ3) is 4.63. The van der Waals surface area contributed by atoms with Gasteiger partial charge in [-0.25, -0.2) is 0 Å². The van der Waals surface area contributed by atoms with E-state index < -0.39 is 12.0 Å². The maximum atomic E-state index is 11.1. The van der Waals surface area contributed by atoms with E-state index in [0.29, 0.717) is 12.6 Å². The largest absolute Gasteiger partial charge is 0.494 e. The first kappa shape index (κ1) is 15.6. The van der Waals surface area contributed by atoms with Gasteiger partial charge >= 0.3 is 5.97 Å². The molecule has 0 radical (unpaired) electrons. The molecule has 110 valence electrons. The predicted octanol–water partition coefficient (Wildman–Crippen LogP) is 3.00. The van der Waals surface area contributed by atoms with Gasteiger partial charge in [-0.1, -0.05) is 6.07 Å². The lowest BCUT2D eigenvalue weighted by molar-refractivity contribution is -0.142. The number of hydrogen-bond acceptors (Lipinski definition) is 3. The molecule has 0 aliphatic heterocycles. The Labute approximate surface area is 133 Å². The molecule has 5 heteroatoms. The van der Waals surface area contributed by atoms with E-state index in [1.54, 1.807) is 6.92 Å². The molecule has 1 fully saturated rings. The van der Waals surface area contributed by atoms with Crippen LogP contribution in [0.25, 0.3) is 0 Å². The first-order chi connectivity index (χ1) is 9.58. The lowest BCUT2D eigenvalue weighted by Crippen LogP contribution is -2.41. The molecule has 1 aliphatic carbocycles. The van der Waals surface area contributed by atoms with Crippen molar-refractivity contribution in [3.63, 3.8) is 0 Å². The van der Waals surface area contributed by atoms with Gasteiger partial charge in [0.1, 0.15) is 11.8 Å². The van der Waals surface area contributed by atoms with Gasteiger partial charge in [0.25, 0.3) is 0 Å². The van der Waals surface area contributed by atoms with Gasteiger partial charge in [0, 0.05) is 16.2 Å². The van der Waals surface area contributed by atoms with Crippen LogP contribution in [0.15, 0.2) is 24.3 Å². The van der Waals surface area contributed by atoms with Crippen LogP contribution in [0.2, 0.25) is 0 Å². The highest BCUT2D eigenvalue weighted by molar-refractivity contribution is 14.1. The van der Waals surface area contributed by atoms with Gasteiger partial charge in [-0.15, -0.1) is 0 Å². The van der Waals surface area contributed by atoms with Gasteiger partial charge in [0.15, 0.2) is 0 Å². The summed E-state index contributed by atoms with van der Waals surface area (Å²) in [6.45, 7) is 3.17. The van der Waals surface area contributed by atoms with Crippen LogP contribution in [-0.2, 0) is 4.79 Å². The van der Waals surface area contributed by atoms with Gasteiger partial charge < -0.3 is 9.84 Å². The molecule has 1 unspecified atom stereocenters. The fourth-order valence-electron chi connectivity index (χ4n) is 2.23. The Bertz CT molecular complexity index is 462. The predicted molar refractivity (Wildman–Crippen MR) is 86.1 cm³/mol. The Morgan fingerprint density at radius 3 is 2.90 bits per heavy atom. The smallest absolute Gasteiger partial charge is 0.320 e. The van der Waals surface area contributed by atoms with Crippen LogP contribution in [0.1, 0.15) is 26.2 Å². The van der Waals surface area contributed by atoms with Crippen molar-refractivity contribution in [2.24, 2.45) is 0 Å². The van der Waals surface area contributed by atoms with Crippen molar-refractivity contribution >= 4 is 28.6 Å². The standard InChI is InChI=1S/C15H20INO3/c1-11(15(18)19)17(13-6-7-13)8-3-9-20-14-5-2-4-12(16)10-14/h2,4-5,10-11,13H,3,6-9H2,1H3,(H,18,19). The van der Waals surface area contributed by atoms with E-state index in [1.807, 2.05) is 24.3 Å². The first-order valence-electron chi connectivity index (χ1n) is 6.95. The second-order valence-electron chi connectivity index (χ2n) is 5.14. The van der Waals surface area contributed by atoms with Crippen LogP contribution < -0.4 is 4.74 Å². The minimum atomic E-state index is -0.740. The molecule has 1 aliphatic rings. The van der Waals surface area contributed by atoms with Crippen molar-refractivity contribution in [1.29, 1.82) is 0 Å². The number of halogens is 1. The zero-order chi connectivity index (χ0) is 14.5. The van der Waals surface area contributed by atoms with Crippen molar-refractivity contribution in [3.05, 3.63) is 27.8 Å². The number of carboxylic acid groups (broad SMARTS) is 1. The van der Waals surface area contributed by atoms with E-state index in [-0.39, 0.29) is 0 Å². The summed E-state index contributed by atoms with van der Waals surface area (Å²) in [5.41, 5.74) is 0. The van der Waals surface area contributed by atoms with Crippen molar-refractivity contribution in [1.82, 2.24) is 4.90 Å². The summed E-state index contributed by atoms with van der Waals surface area (Å²) < 4.78 is 6.85. The van der Waals surface area contributed by atoms with Crippen molar-refractivity contribution in [3.8, 4) is 5.75 Å². The van der Waals surface area contributed by atoms with Crippen molar-refractivity contribution in [2.45, 2.75) is 38.3 Å². The summed E-state index contributed by atoms with van der Waals surface area (Å²) >= 11 is 2.26. The van der Waals surface area contributed by atoms with E-state index in [0.717, 1.165) is 35.1 Å². The van der Waals surface area contributed by atoms with Gasteiger partial charge in [-0.2, -0.15) is 0 Å². The summed E-state index contributed by atoms with van der Waals surface area (Å²) in [5, 5.41) is 9.12. The van der Waals surface area contributed by atoms with E-state index in [4.69, 9.17) is 9.84 Å². The number of ether oxygens (including phenoxy) is 1. The minimum absolute atomic E-state index is 0.403. The number of carbonyl (C=O) groups is 1. The Morgan fingerprint density at radius 2 is 2.30 bits per heavy atom. The van der Waals surface area contributed by atoms with E-state index in [1.165, 1.54) is 0 Å². The number of nitrogens with zero attached hydrogens (tertiary/aromatic N) is 1. The van der Waals surface area contributed by atoms with Crippen LogP contribution in [0.3, 0.4) is 0 Å². The molecule has 0 saturated heterocycles. The van der Waals surface area contributed by atoms with Crippen LogP contribution in [-0.4, -0.2) is 41.2 Å². The van der Waals surface area contributed by atoms with Gasteiger partial charge in [0.2, 0.25) is 0 Å². The zero-order valence-electron chi connectivity index (χ0n) is 11.6. The molecule has 0 amide bonds. The summed E-state index contributed by atoms with van der Waals surface area (Å²) in [4.78, 5) is 13.2. The maximum Gasteiger partial charge on any atom is 0.320 e. The highest BCUT2D eigenvalue weighted by Crippen LogP contribution is 2.28. The van der Waals surface area contributed by atoms with Gasteiger partial charge in [-0.05, 0) is 67.0 Å². The zero-order valence-corrected chi connectivity index (χ0v) is 13.7. The summed E-state index contributed by atoms with van der Waals surface area (Å²) in [6, 6.07) is 8.00. The van der Waals surface area contributed by atoms with Crippen LogP contribution in [0.5, 0.6) is 5.75 Å². The van der Waals surface area contributed by atoms with Crippen LogP contribution in [0.4, 0.5) is 0 Å². The maximum absolute atomic E-state index is 11.1. The molecule has 20 heavy (non-hydrogen) atoms. The number of benzene rings is 1. The fraction of sp³-hybridized carbons (Fsp3) is 0.533. The van der Waals surface area contributed by atoms with Crippen LogP contribution in [0, 0.1) is 3.57 Å². The Kier molecular flexibility index (Phi) is 5.65. The fourth-order valence-corrected chi connectivity index (χ4v) is 2.75. The topological polar surface area (TPSA) is 49.8 Å². The third-order valence-electron chi connectivity index (χ3n) is 3.50. The Hall–Kier alpha value is -0.820. The summed E-state index contributed by atoms with van der Waals surface area (Å²) in [6.07, 6.45) is 3.09. The summed E-state index contributed by atoms with van der Waals surface area (Å²) in [5.74, 6) is 0.136. The number of rotatable bonds is 8. The third-order valence-corrected chi connectivity index (χ3v) is 4.17. The lowest BCUT2D eigenvalue weighted by atomic mass is 10.2. The van der Waals surface area contributed by atoms with Crippen molar-refractivity contribution in [2.75, 3.05) is 13.2 Å². The average molecular weight is 389 g/mol. The number of hydrogen-bond donors (Lipinski definition) is 1. The normalized spacial score (nSPS) is 16.1. The molecule has 1 aromatic rings. The lowest BCUT2D eigenvalue weighted by Gasteiger charge is -2.25. The highest BCUT2D eigenvalue weighted by Gasteiger charge is 2.34. The molecule has 0 bridgehead atoms. The molecule has 0 spiro atoms. The molecule has 1 aromatic carbocycles. The summed E-state index contributed by atoms with van der Waals surface area (Å²) in [7, 11) is 0. The second kappa shape index (κ2) is 7.26. The van der Waals surface area contributed by atoms with E-state index >= 15 is 0 Å². The molecule has 1 saturated carbocycles. The van der Waals surface area contributed by atoms with Crippen molar-refractivity contribution < 1.29 is 14.6 Å². The molecular formula is C15H20INO3. The van der Waals surface area contributed by atoms with Crippen LogP contribution >= 0.6 is 22.6 Å². The average Bonchev–Trinajstić information content (AvgIpc) is 3.22. The van der Waals surface area contributed by atoms with Gasteiger partial charge in [-0.3, -0.25) is 9.69 Å². The Morgan fingerprint density at radius 1 is 1.55 bits per heavy atom.